The molecule has 8 heteroatoms. The number of nitrogens with zero attached hydrogens (tertiary/aromatic N) is 4. The number of carbonyl (C=O) groups excluding carboxylic acids is 1. The first kappa shape index (κ1) is 19.1. The molecular weight excluding hydrogens is 358 g/mol. The van der Waals surface area contributed by atoms with E-state index in [0.29, 0.717) is 0 Å². The average Bonchev–Trinajstić information content (AvgIpc) is 3.13. The van der Waals surface area contributed by atoms with Crippen LogP contribution in [0.4, 0.5) is 22.9 Å². The van der Waals surface area contributed by atoms with Gasteiger partial charge in [0, 0.05) is 23.1 Å². The van der Waals surface area contributed by atoms with Crippen LogP contribution in [-0.4, -0.2) is 26.4 Å². The van der Waals surface area contributed by atoms with E-state index in [1.165, 1.54) is 17.1 Å². The maximum atomic E-state index is 12.8. The quantitative estimate of drug-likeness (QED) is 0.495. The molecule has 0 radical (unpaired) electrons. The highest BCUT2D eigenvalue weighted by atomic mass is 16.6. The fourth-order valence-corrected chi connectivity index (χ4v) is 2.89. The summed E-state index contributed by atoms with van der Waals surface area (Å²) in [5, 5.41) is 14.1. The number of rotatable bonds is 7. The highest BCUT2D eigenvalue weighted by Gasteiger charge is 2.21. The Hall–Kier alpha value is -3.68. The van der Waals surface area contributed by atoms with Crippen LogP contribution < -0.4 is 10.2 Å². The summed E-state index contributed by atoms with van der Waals surface area (Å²) in [5.74, 6) is -0.452. The Bertz CT molecular complexity index is 951. The van der Waals surface area contributed by atoms with Gasteiger partial charge in [-0.15, -0.1) is 0 Å². The molecule has 8 nitrogen and oxygen atoms in total. The molecule has 3 rings (SSSR count). The lowest BCUT2D eigenvalue weighted by molar-refractivity contribution is -0.389. The van der Waals surface area contributed by atoms with Crippen LogP contribution in [0.2, 0.25) is 0 Å². The highest BCUT2D eigenvalue weighted by Crippen LogP contribution is 2.23. The zero-order valence-electron chi connectivity index (χ0n) is 15.6. The number of hydrogen-bond acceptors (Lipinski definition) is 5. The van der Waals surface area contributed by atoms with Gasteiger partial charge in [0.15, 0.2) is 0 Å². The van der Waals surface area contributed by atoms with Gasteiger partial charge in [-0.3, -0.25) is 4.79 Å². The van der Waals surface area contributed by atoms with Crippen LogP contribution in [0.15, 0.2) is 67.1 Å². The smallest absolute Gasteiger partial charge is 0.358 e. The van der Waals surface area contributed by atoms with Crippen LogP contribution in [0.1, 0.15) is 13.8 Å². The molecule has 1 N–H and O–H groups in total. The fraction of sp³-hybridized carbons (Fsp3) is 0.200. The molecule has 1 heterocycles. The molecule has 0 aliphatic heterocycles. The largest absolute Gasteiger partial charge is 0.381 e. The second-order valence-corrected chi connectivity index (χ2v) is 6.56. The molecule has 0 aliphatic carbocycles. The summed E-state index contributed by atoms with van der Waals surface area (Å²) >= 11 is 0. The molecule has 0 bridgehead atoms. The second kappa shape index (κ2) is 8.34. The van der Waals surface area contributed by atoms with E-state index in [1.54, 1.807) is 4.90 Å². The number of aromatic nitrogens is 2. The van der Waals surface area contributed by atoms with Gasteiger partial charge in [0.2, 0.25) is 12.2 Å². The topological polar surface area (TPSA) is 93.3 Å². The Balaban J connectivity index is 1.73. The second-order valence-electron chi connectivity index (χ2n) is 6.56. The zero-order chi connectivity index (χ0) is 20.1. The van der Waals surface area contributed by atoms with Gasteiger partial charge in [0.1, 0.15) is 12.7 Å². The maximum Gasteiger partial charge on any atom is 0.381 e. The van der Waals surface area contributed by atoms with Crippen LogP contribution in [0.3, 0.4) is 0 Å². The summed E-state index contributed by atoms with van der Waals surface area (Å²) in [7, 11) is 0. The molecule has 0 unspecified atom stereocenters. The molecule has 3 aromatic rings. The summed E-state index contributed by atoms with van der Waals surface area (Å²) in [5.41, 5.74) is 2.65. The van der Waals surface area contributed by atoms with E-state index in [0.717, 1.165) is 17.1 Å². The first-order valence-electron chi connectivity index (χ1n) is 8.84. The maximum absolute atomic E-state index is 12.8. The molecule has 144 valence electrons. The Labute approximate surface area is 162 Å². The Morgan fingerprint density at radius 3 is 2.36 bits per heavy atom. The molecule has 0 fully saturated rings. The molecule has 0 saturated heterocycles. The van der Waals surface area contributed by atoms with E-state index < -0.39 is 4.92 Å². The molecule has 0 saturated carbocycles. The normalized spacial score (nSPS) is 10.7. The van der Waals surface area contributed by atoms with Gasteiger partial charge in [-0.05, 0) is 60.2 Å². The number of hydrogen-bond donors (Lipinski definition) is 1. The third-order valence-electron chi connectivity index (χ3n) is 4.12. The number of imidazole rings is 1. The van der Waals surface area contributed by atoms with Crippen LogP contribution >= 0.6 is 0 Å². The molecular formula is C20H21N5O3. The molecule has 2 aromatic carbocycles. The molecule has 0 aliphatic rings. The molecule has 28 heavy (non-hydrogen) atoms. The number of amides is 1. The lowest BCUT2D eigenvalue weighted by Crippen LogP contribution is -2.39. The molecule has 1 amide bonds. The highest BCUT2D eigenvalue weighted by molar-refractivity contribution is 5.94. The Morgan fingerprint density at radius 1 is 1.14 bits per heavy atom. The van der Waals surface area contributed by atoms with Crippen LogP contribution in [0.5, 0.6) is 0 Å². The van der Waals surface area contributed by atoms with Crippen molar-refractivity contribution in [3.63, 3.8) is 0 Å². The minimum absolute atomic E-state index is 0.0248. The lowest BCUT2D eigenvalue weighted by Gasteiger charge is -2.27. The SMILES string of the molecule is CC(C)N(C(=O)Cn1cnc([N+](=O)[O-])c1)c1ccc(Nc2ccccc2)cc1. The van der Waals surface area contributed by atoms with Gasteiger partial charge >= 0.3 is 5.82 Å². The van der Waals surface area contributed by atoms with Crippen molar-refractivity contribution in [1.82, 2.24) is 9.55 Å². The van der Waals surface area contributed by atoms with Gasteiger partial charge < -0.3 is 24.9 Å². The summed E-state index contributed by atoms with van der Waals surface area (Å²) in [4.78, 5) is 28.3. The van der Waals surface area contributed by atoms with E-state index >= 15 is 0 Å². The van der Waals surface area contributed by atoms with Crippen LogP contribution in [-0.2, 0) is 11.3 Å². The monoisotopic (exact) mass is 379 g/mol. The Morgan fingerprint density at radius 2 is 1.79 bits per heavy atom. The number of anilines is 3. The van der Waals surface area contributed by atoms with Gasteiger partial charge in [0.25, 0.3) is 0 Å². The van der Waals surface area contributed by atoms with Gasteiger partial charge in [-0.1, -0.05) is 18.2 Å². The minimum atomic E-state index is -0.584. The van der Waals surface area contributed by atoms with Crippen LogP contribution in [0.25, 0.3) is 0 Å². The fourth-order valence-electron chi connectivity index (χ4n) is 2.89. The minimum Gasteiger partial charge on any atom is -0.358 e. The Kier molecular flexibility index (Phi) is 5.69. The van der Waals surface area contributed by atoms with Crippen molar-refractivity contribution in [2.75, 3.05) is 10.2 Å². The zero-order valence-corrected chi connectivity index (χ0v) is 15.6. The summed E-state index contributed by atoms with van der Waals surface area (Å²) in [6, 6.07) is 17.3. The first-order valence-corrected chi connectivity index (χ1v) is 8.84. The van der Waals surface area contributed by atoms with Crippen molar-refractivity contribution in [3.05, 3.63) is 77.2 Å². The summed E-state index contributed by atoms with van der Waals surface area (Å²) < 4.78 is 1.42. The van der Waals surface area contributed by atoms with E-state index in [1.807, 2.05) is 68.4 Å². The van der Waals surface area contributed by atoms with E-state index in [4.69, 9.17) is 0 Å². The number of benzene rings is 2. The van der Waals surface area contributed by atoms with E-state index in [2.05, 4.69) is 10.3 Å². The third kappa shape index (κ3) is 4.53. The third-order valence-corrected chi connectivity index (χ3v) is 4.12. The number of nitro groups is 1. The molecule has 1 aromatic heterocycles. The van der Waals surface area contributed by atoms with Gasteiger partial charge in [-0.2, -0.15) is 0 Å². The van der Waals surface area contributed by atoms with Crippen LogP contribution in [0, 0.1) is 10.1 Å². The lowest BCUT2D eigenvalue weighted by atomic mass is 10.2. The average molecular weight is 379 g/mol. The van der Waals surface area contributed by atoms with E-state index in [-0.39, 0.29) is 24.3 Å². The van der Waals surface area contributed by atoms with E-state index in [9.17, 15) is 14.9 Å². The number of para-hydroxylation sites is 1. The number of nitrogens with one attached hydrogen (secondary N) is 1. The number of carbonyl (C=O) groups is 1. The standard InChI is InChI=1S/C20H21N5O3/c1-15(2)24(20(26)13-23-12-19(21-14-23)25(27)28)18-10-8-17(9-11-18)22-16-6-4-3-5-7-16/h3-12,14-15,22H,13H2,1-2H3. The van der Waals surface area contributed by atoms with Crippen molar-refractivity contribution >= 4 is 28.8 Å². The predicted octanol–water partition coefficient (Wildman–Crippen LogP) is 3.98. The first-order chi connectivity index (χ1) is 13.4. The van der Waals surface area contributed by atoms with Gasteiger partial charge in [-0.25, -0.2) is 0 Å². The molecule has 0 spiro atoms. The van der Waals surface area contributed by atoms with Crippen molar-refractivity contribution < 1.29 is 9.72 Å². The summed E-state index contributed by atoms with van der Waals surface area (Å²) in [6.07, 6.45) is 2.55. The van der Waals surface area contributed by atoms with Crippen molar-refractivity contribution in [1.29, 1.82) is 0 Å². The van der Waals surface area contributed by atoms with Crippen molar-refractivity contribution in [3.8, 4) is 0 Å². The summed E-state index contributed by atoms with van der Waals surface area (Å²) in [6.45, 7) is 3.82. The predicted molar refractivity (Wildman–Crippen MR) is 108 cm³/mol. The molecule has 0 atom stereocenters. The van der Waals surface area contributed by atoms with Crippen molar-refractivity contribution in [2.45, 2.75) is 26.4 Å². The van der Waals surface area contributed by atoms with Gasteiger partial charge in [0.05, 0.1) is 0 Å². The van der Waals surface area contributed by atoms with Crippen molar-refractivity contribution in [2.24, 2.45) is 0 Å².